The van der Waals surface area contributed by atoms with E-state index in [4.69, 9.17) is 20.6 Å². The monoisotopic (exact) mass is 274 g/mol. The Labute approximate surface area is 116 Å². The minimum absolute atomic E-state index is 0.0557. The molecule has 0 aliphatic carbocycles. The van der Waals surface area contributed by atoms with Crippen molar-refractivity contribution in [1.82, 2.24) is 0 Å². The van der Waals surface area contributed by atoms with Gasteiger partial charge in [0.15, 0.2) is 0 Å². The van der Waals surface area contributed by atoms with E-state index < -0.39 is 5.82 Å². The highest BCUT2D eigenvalue weighted by Crippen LogP contribution is 2.21. The zero-order chi connectivity index (χ0) is 14.5. The van der Waals surface area contributed by atoms with E-state index in [1.807, 2.05) is 0 Å². The van der Waals surface area contributed by atoms with Gasteiger partial charge in [-0.2, -0.15) is 0 Å². The summed E-state index contributed by atoms with van der Waals surface area (Å²) in [5.74, 6) is 0.422. The van der Waals surface area contributed by atoms with Crippen LogP contribution in [-0.4, -0.2) is 12.9 Å². The van der Waals surface area contributed by atoms with Crippen molar-refractivity contribution >= 4 is 5.84 Å². The fourth-order valence-corrected chi connectivity index (χ4v) is 1.74. The van der Waals surface area contributed by atoms with Crippen molar-refractivity contribution < 1.29 is 13.9 Å². The lowest BCUT2D eigenvalue weighted by atomic mass is 10.2. The number of hydrogen-bond acceptors (Lipinski definition) is 3. The maximum Gasteiger partial charge on any atom is 0.133 e. The average Bonchev–Trinajstić information content (AvgIpc) is 2.46. The van der Waals surface area contributed by atoms with Gasteiger partial charge < -0.3 is 15.2 Å². The van der Waals surface area contributed by atoms with Gasteiger partial charge in [-0.25, -0.2) is 4.39 Å². The summed E-state index contributed by atoms with van der Waals surface area (Å²) >= 11 is 0. The molecule has 0 saturated carbocycles. The lowest BCUT2D eigenvalue weighted by molar-refractivity contribution is 0.298. The van der Waals surface area contributed by atoms with Crippen molar-refractivity contribution in [3.63, 3.8) is 0 Å². The van der Waals surface area contributed by atoms with Gasteiger partial charge in [0.1, 0.15) is 29.8 Å². The topological polar surface area (TPSA) is 68.3 Å². The van der Waals surface area contributed by atoms with Crippen LogP contribution in [-0.2, 0) is 6.61 Å². The van der Waals surface area contributed by atoms with Crippen molar-refractivity contribution in [2.45, 2.75) is 6.61 Å². The van der Waals surface area contributed by atoms with Gasteiger partial charge in [-0.05, 0) is 24.3 Å². The van der Waals surface area contributed by atoms with Crippen molar-refractivity contribution in [2.75, 3.05) is 7.11 Å². The van der Waals surface area contributed by atoms with Gasteiger partial charge in [-0.3, -0.25) is 5.41 Å². The molecule has 0 aliphatic rings. The van der Waals surface area contributed by atoms with E-state index in [-0.39, 0.29) is 12.4 Å². The van der Waals surface area contributed by atoms with Crippen molar-refractivity contribution in [3.05, 3.63) is 59.4 Å². The minimum atomic E-state index is -0.398. The Morgan fingerprint density at radius 3 is 2.65 bits per heavy atom. The summed E-state index contributed by atoms with van der Waals surface area (Å²) in [6.45, 7) is 0.0557. The Hall–Kier alpha value is -2.56. The predicted octanol–water partition coefficient (Wildman–Crippen LogP) is 2.70. The number of hydrogen-bond donors (Lipinski definition) is 2. The molecule has 0 fully saturated rings. The van der Waals surface area contributed by atoms with E-state index >= 15 is 0 Å². The number of para-hydroxylation sites is 1. The highest BCUT2D eigenvalue weighted by Gasteiger charge is 2.08. The fourth-order valence-electron chi connectivity index (χ4n) is 1.74. The molecule has 0 amide bonds. The number of nitrogens with one attached hydrogen (secondary N) is 1. The van der Waals surface area contributed by atoms with Crippen LogP contribution in [0.25, 0.3) is 0 Å². The van der Waals surface area contributed by atoms with E-state index in [9.17, 15) is 4.39 Å². The van der Waals surface area contributed by atoms with Crippen LogP contribution in [0.15, 0.2) is 42.5 Å². The SMILES string of the molecule is COc1ccc(COc2ccccc2C(=N)N)c(F)c1. The third-order valence-corrected chi connectivity index (χ3v) is 2.82. The number of halogens is 1. The summed E-state index contributed by atoms with van der Waals surface area (Å²) in [7, 11) is 1.48. The molecule has 5 heteroatoms. The molecule has 3 N–H and O–H groups in total. The van der Waals surface area contributed by atoms with Crippen LogP contribution in [0.5, 0.6) is 11.5 Å². The lowest BCUT2D eigenvalue weighted by Gasteiger charge is -2.11. The molecule has 104 valence electrons. The van der Waals surface area contributed by atoms with E-state index in [0.717, 1.165) is 0 Å². The fraction of sp³-hybridized carbons (Fsp3) is 0.133. The van der Waals surface area contributed by atoms with Crippen LogP contribution < -0.4 is 15.2 Å². The third kappa shape index (κ3) is 3.06. The largest absolute Gasteiger partial charge is 0.497 e. The minimum Gasteiger partial charge on any atom is -0.497 e. The number of amidine groups is 1. The van der Waals surface area contributed by atoms with Gasteiger partial charge in [0, 0.05) is 11.6 Å². The van der Waals surface area contributed by atoms with E-state index in [2.05, 4.69) is 0 Å². The summed E-state index contributed by atoms with van der Waals surface area (Å²) in [6.07, 6.45) is 0. The number of ether oxygens (including phenoxy) is 2. The van der Waals surface area contributed by atoms with Gasteiger partial charge >= 0.3 is 0 Å². The Kier molecular flexibility index (Phi) is 4.20. The summed E-state index contributed by atoms with van der Waals surface area (Å²) in [4.78, 5) is 0. The molecule has 20 heavy (non-hydrogen) atoms. The van der Waals surface area contributed by atoms with Crippen LogP contribution in [0.4, 0.5) is 4.39 Å². The van der Waals surface area contributed by atoms with Gasteiger partial charge in [-0.15, -0.1) is 0 Å². The number of nitrogen functional groups attached to an aromatic ring is 1. The first-order valence-electron chi connectivity index (χ1n) is 6.00. The molecular formula is C15H15FN2O2. The zero-order valence-electron chi connectivity index (χ0n) is 11.0. The average molecular weight is 274 g/mol. The van der Waals surface area contributed by atoms with Gasteiger partial charge in [0.05, 0.1) is 12.7 Å². The first-order chi connectivity index (χ1) is 9.61. The summed E-state index contributed by atoms with van der Waals surface area (Å²) in [5, 5.41) is 7.46. The Bertz CT molecular complexity index is 629. The molecule has 0 unspecified atom stereocenters. The highest BCUT2D eigenvalue weighted by atomic mass is 19.1. The lowest BCUT2D eigenvalue weighted by Crippen LogP contribution is -2.13. The smallest absolute Gasteiger partial charge is 0.133 e. The molecule has 2 rings (SSSR count). The molecule has 0 aliphatic heterocycles. The number of nitrogens with two attached hydrogens (primary N) is 1. The van der Waals surface area contributed by atoms with E-state index in [1.165, 1.54) is 13.2 Å². The summed E-state index contributed by atoms with van der Waals surface area (Å²) < 4.78 is 24.2. The van der Waals surface area contributed by atoms with Crippen LogP contribution in [0, 0.1) is 11.2 Å². The molecule has 0 saturated heterocycles. The van der Waals surface area contributed by atoms with Crippen LogP contribution in [0.1, 0.15) is 11.1 Å². The maximum absolute atomic E-state index is 13.8. The Morgan fingerprint density at radius 1 is 1.25 bits per heavy atom. The normalized spacial score (nSPS) is 10.1. The molecule has 2 aromatic rings. The molecule has 2 aromatic carbocycles. The molecular weight excluding hydrogens is 259 g/mol. The first-order valence-corrected chi connectivity index (χ1v) is 6.00. The number of benzene rings is 2. The quantitative estimate of drug-likeness (QED) is 0.650. The molecule has 0 aromatic heterocycles. The second-order valence-corrected chi connectivity index (χ2v) is 4.16. The summed E-state index contributed by atoms with van der Waals surface area (Å²) in [5.41, 5.74) is 6.36. The molecule has 0 radical (unpaired) electrons. The van der Waals surface area contributed by atoms with Gasteiger partial charge in [0.2, 0.25) is 0 Å². The second-order valence-electron chi connectivity index (χ2n) is 4.16. The molecule has 0 bridgehead atoms. The highest BCUT2D eigenvalue weighted by molar-refractivity contribution is 5.97. The summed E-state index contributed by atoms with van der Waals surface area (Å²) in [6, 6.07) is 11.5. The standard InChI is InChI=1S/C15H15FN2O2/c1-19-11-7-6-10(13(16)8-11)9-20-14-5-3-2-4-12(14)15(17)18/h2-8H,9H2,1H3,(H3,17,18). The Balaban J connectivity index is 2.15. The molecule has 0 atom stereocenters. The number of rotatable bonds is 5. The molecule has 0 heterocycles. The van der Waals surface area contributed by atoms with Gasteiger partial charge in [0.25, 0.3) is 0 Å². The van der Waals surface area contributed by atoms with Crippen LogP contribution in [0.3, 0.4) is 0 Å². The second kappa shape index (κ2) is 6.06. The molecule has 0 spiro atoms. The maximum atomic E-state index is 13.8. The van der Waals surface area contributed by atoms with E-state index in [0.29, 0.717) is 22.6 Å². The predicted molar refractivity (Wildman–Crippen MR) is 74.7 cm³/mol. The molecule has 4 nitrogen and oxygen atoms in total. The zero-order valence-corrected chi connectivity index (χ0v) is 11.0. The third-order valence-electron chi connectivity index (χ3n) is 2.82. The van der Waals surface area contributed by atoms with Crippen LogP contribution in [0.2, 0.25) is 0 Å². The van der Waals surface area contributed by atoms with Crippen molar-refractivity contribution in [2.24, 2.45) is 5.73 Å². The first kappa shape index (κ1) is 13.9. The van der Waals surface area contributed by atoms with Crippen LogP contribution >= 0.6 is 0 Å². The van der Waals surface area contributed by atoms with Gasteiger partial charge in [-0.1, -0.05) is 12.1 Å². The Morgan fingerprint density at radius 2 is 2.00 bits per heavy atom. The van der Waals surface area contributed by atoms with Crippen molar-refractivity contribution in [3.8, 4) is 11.5 Å². The van der Waals surface area contributed by atoms with E-state index in [1.54, 1.807) is 36.4 Å². The van der Waals surface area contributed by atoms with Crippen molar-refractivity contribution in [1.29, 1.82) is 5.41 Å². The number of methoxy groups -OCH3 is 1.